The van der Waals surface area contributed by atoms with Gasteiger partial charge in [0.15, 0.2) is 0 Å². The highest BCUT2D eigenvalue weighted by Gasteiger charge is 2.62. The van der Waals surface area contributed by atoms with Gasteiger partial charge in [-0.2, -0.15) is 0 Å². The van der Waals surface area contributed by atoms with E-state index in [4.69, 9.17) is 5.11 Å². The highest BCUT2D eigenvalue weighted by molar-refractivity contribution is 5.68. The molecular weight excluding hydrogens is 264 g/mol. The molecule has 8 atom stereocenters. The van der Waals surface area contributed by atoms with Gasteiger partial charge in [0.1, 0.15) is 0 Å². The van der Waals surface area contributed by atoms with Crippen LogP contribution in [0.5, 0.6) is 0 Å². The van der Waals surface area contributed by atoms with E-state index in [9.17, 15) is 9.90 Å². The number of carboxylic acids is 1. The summed E-state index contributed by atoms with van der Waals surface area (Å²) < 4.78 is 0. The first-order valence-electron chi connectivity index (χ1n) is 8.83. The van der Waals surface area contributed by atoms with Crippen LogP contribution in [0.4, 0.5) is 0 Å². The Morgan fingerprint density at radius 3 is 2.29 bits per heavy atom. The minimum atomic E-state index is -1.03. The molecule has 3 aliphatic rings. The smallest absolute Gasteiger partial charge is 0.306 e. The summed E-state index contributed by atoms with van der Waals surface area (Å²) in [5, 5.41) is 19.8. The van der Waals surface area contributed by atoms with E-state index < -0.39 is 11.6 Å². The zero-order valence-electron chi connectivity index (χ0n) is 13.6. The Kier molecular flexibility index (Phi) is 3.84. The number of aliphatic carboxylic acids is 1. The molecule has 120 valence electrons. The molecule has 0 aromatic heterocycles. The number of hydrogen-bond acceptors (Lipinski definition) is 2. The van der Waals surface area contributed by atoms with Crippen LogP contribution in [-0.2, 0) is 4.79 Å². The quantitative estimate of drug-likeness (QED) is 0.815. The Balaban J connectivity index is 1.81. The molecule has 0 aliphatic heterocycles. The van der Waals surface area contributed by atoms with E-state index in [1.165, 1.54) is 25.7 Å². The molecule has 0 aromatic carbocycles. The van der Waals surface area contributed by atoms with Crippen molar-refractivity contribution in [3.63, 3.8) is 0 Å². The van der Waals surface area contributed by atoms with Gasteiger partial charge in [0.2, 0.25) is 0 Å². The second kappa shape index (κ2) is 5.26. The number of rotatable bonds is 5. The Labute approximate surface area is 128 Å². The average Bonchev–Trinajstić information content (AvgIpc) is 3.06. The van der Waals surface area contributed by atoms with E-state index in [0.717, 1.165) is 36.0 Å². The maximum atomic E-state index is 11.1. The fraction of sp³-hybridized carbons (Fsp3) is 0.944. The monoisotopic (exact) mass is 294 g/mol. The number of hydrogen-bond donors (Lipinski definition) is 2. The van der Waals surface area contributed by atoms with E-state index in [-0.39, 0.29) is 12.3 Å². The van der Waals surface area contributed by atoms with Crippen molar-refractivity contribution in [2.24, 2.45) is 41.4 Å². The lowest BCUT2D eigenvalue weighted by Gasteiger charge is -2.42. The highest BCUT2D eigenvalue weighted by atomic mass is 16.4. The zero-order valence-corrected chi connectivity index (χ0v) is 13.6. The van der Waals surface area contributed by atoms with Crippen LogP contribution < -0.4 is 0 Å². The third-order valence-corrected chi connectivity index (χ3v) is 7.18. The molecule has 2 N–H and O–H groups in total. The largest absolute Gasteiger partial charge is 0.481 e. The lowest BCUT2D eigenvalue weighted by molar-refractivity contribution is -0.146. The molecule has 8 unspecified atom stereocenters. The van der Waals surface area contributed by atoms with Gasteiger partial charge in [0, 0.05) is 0 Å². The normalized spacial score (nSPS) is 47.3. The molecule has 0 radical (unpaired) electrons. The minimum absolute atomic E-state index is 0.105. The van der Waals surface area contributed by atoms with E-state index in [0.29, 0.717) is 5.92 Å². The van der Waals surface area contributed by atoms with Crippen LogP contribution in [0.2, 0.25) is 0 Å². The summed E-state index contributed by atoms with van der Waals surface area (Å²) in [4.78, 5) is 11.1. The highest BCUT2D eigenvalue weighted by Crippen LogP contribution is 2.67. The first-order chi connectivity index (χ1) is 9.89. The van der Waals surface area contributed by atoms with Crippen LogP contribution in [0.3, 0.4) is 0 Å². The first kappa shape index (κ1) is 15.3. The number of aliphatic hydroxyl groups is 1. The van der Waals surface area contributed by atoms with Crippen molar-refractivity contribution in [2.75, 3.05) is 0 Å². The predicted octanol–water partition coefficient (Wildman–Crippen LogP) is 3.56. The number of carbonyl (C=O) groups is 1. The Morgan fingerprint density at radius 1 is 1.10 bits per heavy atom. The fourth-order valence-corrected chi connectivity index (χ4v) is 6.55. The molecule has 3 fully saturated rings. The summed E-state index contributed by atoms with van der Waals surface area (Å²) in [6.07, 6.45) is 6.09. The summed E-state index contributed by atoms with van der Waals surface area (Å²) in [5.74, 6) is 3.93. The molecule has 21 heavy (non-hydrogen) atoms. The SMILES string of the molecule is CCC1CC(CC)C2C3CC(CC3C(C)(O)CC(=O)O)C12. The maximum Gasteiger partial charge on any atom is 0.306 e. The minimum Gasteiger partial charge on any atom is -0.481 e. The van der Waals surface area contributed by atoms with E-state index >= 15 is 0 Å². The fourth-order valence-electron chi connectivity index (χ4n) is 6.55. The third-order valence-electron chi connectivity index (χ3n) is 7.18. The van der Waals surface area contributed by atoms with Gasteiger partial charge in [-0.25, -0.2) is 0 Å². The summed E-state index contributed by atoms with van der Waals surface area (Å²) in [7, 11) is 0. The lowest BCUT2D eigenvalue weighted by Crippen LogP contribution is -2.44. The van der Waals surface area contributed by atoms with Gasteiger partial charge < -0.3 is 10.2 Å². The van der Waals surface area contributed by atoms with Crippen LogP contribution in [0.15, 0.2) is 0 Å². The molecule has 3 nitrogen and oxygen atoms in total. The van der Waals surface area contributed by atoms with Crippen LogP contribution in [0.1, 0.15) is 59.3 Å². The third kappa shape index (κ3) is 2.32. The van der Waals surface area contributed by atoms with Gasteiger partial charge in [-0.3, -0.25) is 4.79 Å². The average molecular weight is 294 g/mol. The summed E-state index contributed by atoms with van der Waals surface area (Å²) >= 11 is 0. The predicted molar refractivity (Wildman–Crippen MR) is 81.7 cm³/mol. The maximum absolute atomic E-state index is 11.1. The molecule has 2 bridgehead atoms. The van der Waals surface area contributed by atoms with Crippen molar-refractivity contribution in [2.45, 2.75) is 64.9 Å². The van der Waals surface area contributed by atoms with Crippen molar-refractivity contribution in [3.8, 4) is 0 Å². The standard InChI is InChI=1S/C18H30O3/c1-4-10-6-11(5-2)17-13-7-12(16(10)17)8-14(13)18(3,21)9-15(19)20/h10-14,16-17,21H,4-9H2,1-3H3,(H,19,20). The topological polar surface area (TPSA) is 57.5 Å². The molecule has 0 amide bonds. The van der Waals surface area contributed by atoms with Gasteiger partial charge in [0.05, 0.1) is 12.0 Å². The summed E-state index contributed by atoms with van der Waals surface area (Å²) in [6.45, 7) is 6.38. The van der Waals surface area contributed by atoms with Crippen LogP contribution in [-0.4, -0.2) is 21.8 Å². The second-order valence-corrected chi connectivity index (χ2v) is 8.16. The molecule has 3 heteroatoms. The van der Waals surface area contributed by atoms with Gasteiger partial charge in [-0.1, -0.05) is 26.7 Å². The summed E-state index contributed by atoms with van der Waals surface area (Å²) in [5.41, 5.74) is -1.03. The molecule has 0 aromatic rings. The van der Waals surface area contributed by atoms with Crippen molar-refractivity contribution in [3.05, 3.63) is 0 Å². The van der Waals surface area contributed by atoms with Crippen molar-refractivity contribution >= 4 is 5.97 Å². The Bertz CT molecular complexity index is 417. The van der Waals surface area contributed by atoms with Gasteiger partial charge in [0.25, 0.3) is 0 Å². The molecule has 3 saturated carbocycles. The van der Waals surface area contributed by atoms with Crippen molar-refractivity contribution in [1.29, 1.82) is 0 Å². The van der Waals surface area contributed by atoms with E-state index in [2.05, 4.69) is 13.8 Å². The van der Waals surface area contributed by atoms with Crippen molar-refractivity contribution in [1.82, 2.24) is 0 Å². The van der Waals surface area contributed by atoms with Crippen LogP contribution >= 0.6 is 0 Å². The number of carboxylic acid groups (broad SMARTS) is 1. The molecule has 0 heterocycles. The Morgan fingerprint density at radius 2 is 1.71 bits per heavy atom. The van der Waals surface area contributed by atoms with Gasteiger partial charge >= 0.3 is 5.97 Å². The van der Waals surface area contributed by atoms with Crippen LogP contribution in [0.25, 0.3) is 0 Å². The zero-order chi connectivity index (χ0) is 15.4. The van der Waals surface area contributed by atoms with E-state index in [1.54, 1.807) is 6.92 Å². The molecule has 0 spiro atoms. The molecule has 3 rings (SSSR count). The van der Waals surface area contributed by atoms with E-state index in [1.807, 2.05) is 0 Å². The van der Waals surface area contributed by atoms with Gasteiger partial charge in [-0.15, -0.1) is 0 Å². The second-order valence-electron chi connectivity index (χ2n) is 8.16. The summed E-state index contributed by atoms with van der Waals surface area (Å²) in [6, 6.07) is 0. The van der Waals surface area contributed by atoms with Crippen molar-refractivity contribution < 1.29 is 15.0 Å². The number of fused-ring (bicyclic) bond motifs is 5. The molecular formula is C18H30O3. The molecule has 0 saturated heterocycles. The first-order valence-corrected chi connectivity index (χ1v) is 8.83. The van der Waals surface area contributed by atoms with Crippen LogP contribution in [0, 0.1) is 41.4 Å². The van der Waals surface area contributed by atoms with Gasteiger partial charge in [-0.05, 0) is 67.6 Å². The molecule has 3 aliphatic carbocycles. The lowest BCUT2D eigenvalue weighted by atomic mass is 9.65. The Hall–Kier alpha value is -0.570.